The maximum Gasteiger partial charge on any atom is 0.187 e. The molecule has 0 saturated carbocycles. The van der Waals surface area contributed by atoms with Gasteiger partial charge in [-0.15, -0.1) is 0 Å². The zero-order chi connectivity index (χ0) is 17.4. The minimum Gasteiger partial charge on any atom is -0.546 e. The topological polar surface area (TPSA) is 95.0 Å². The first-order valence-electron chi connectivity index (χ1n) is 7.67. The van der Waals surface area contributed by atoms with Gasteiger partial charge in [0.25, 0.3) is 0 Å². The van der Waals surface area contributed by atoms with Crippen LogP contribution in [-0.2, 0) is 9.53 Å². The van der Waals surface area contributed by atoms with Gasteiger partial charge in [-0.05, 0) is 61.8 Å². The van der Waals surface area contributed by atoms with Crippen LogP contribution in [0.4, 0.5) is 0 Å². The highest BCUT2D eigenvalue weighted by atomic mass is 32.1. The number of carbonyl (C=O) groups is 1. The van der Waals surface area contributed by atoms with Crippen molar-refractivity contribution in [2.75, 3.05) is 19.8 Å². The first-order valence-corrected chi connectivity index (χ1v) is 8.08. The number of nitrogens with zero attached hydrogens (tertiary/aromatic N) is 1. The lowest BCUT2D eigenvalue weighted by atomic mass is 10.1. The maximum atomic E-state index is 10.3. The van der Waals surface area contributed by atoms with E-state index in [1.165, 1.54) is 0 Å². The quantitative estimate of drug-likeness (QED) is 0.411. The van der Waals surface area contributed by atoms with E-state index in [4.69, 9.17) is 21.7 Å². The van der Waals surface area contributed by atoms with Crippen LogP contribution in [0, 0.1) is 0 Å². The molecule has 2 N–H and O–H groups in total. The first kappa shape index (κ1) is 18.2. The molecule has 0 bridgehead atoms. The second kappa shape index (κ2) is 9.19. The van der Waals surface area contributed by atoms with Crippen molar-refractivity contribution in [2.24, 2.45) is 5.10 Å². The summed E-state index contributed by atoms with van der Waals surface area (Å²) in [5.74, 6) is -0.803. The third-order valence-electron chi connectivity index (χ3n) is 3.47. The lowest BCUT2D eigenvalue weighted by molar-refractivity contribution is -0.307. The van der Waals surface area contributed by atoms with Crippen molar-refractivity contribution in [2.45, 2.75) is 25.9 Å². The van der Waals surface area contributed by atoms with E-state index in [9.17, 15) is 9.90 Å². The Hall–Kier alpha value is -2.19. The van der Waals surface area contributed by atoms with Crippen LogP contribution in [-0.4, -0.2) is 42.7 Å². The Morgan fingerprint density at radius 3 is 2.83 bits per heavy atom. The standard InChI is InChI=1S/C16H21N3O4S/c1-11(12-4-6-13(7-5-12)23-10-15(20)21)18-19-16(24)17-9-14-3-2-8-22-14/h4-7,14H,2-3,8-10H2,1H3,(H,20,21)(H2,17,19,24)/p-1/b18-11-/t14-/m1/s1. The molecule has 1 aromatic carbocycles. The van der Waals surface area contributed by atoms with Crippen LogP contribution in [0.1, 0.15) is 25.3 Å². The molecule has 1 aliphatic rings. The lowest BCUT2D eigenvalue weighted by Gasteiger charge is -2.12. The van der Waals surface area contributed by atoms with E-state index in [0.29, 0.717) is 17.4 Å². The van der Waals surface area contributed by atoms with Crippen LogP contribution in [0.5, 0.6) is 5.75 Å². The first-order chi connectivity index (χ1) is 11.5. The van der Waals surface area contributed by atoms with Gasteiger partial charge in [0.05, 0.1) is 17.8 Å². The number of hydrazone groups is 1. The van der Waals surface area contributed by atoms with Gasteiger partial charge in [-0.2, -0.15) is 5.10 Å². The van der Waals surface area contributed by atoms with Gasteiger partial charge >= 0.3 is 0 Å². The summed E-state index contributed by atoms with van der Waals surface area (Å²) in [6.07, 6.45) is 2.35. The average molecular weight is 350 g/mol. The van der Waals surface area contributed by atoms with Crippen molar-refractivity contribution in [1.29, 1.82) is 0 Å². The summed E-state index contributed by atoms with van der Waals surface area (Å²) in [5, 5.41) is 18.1. The maximum absolute atomic E-state index is 10.3. The molecule has 1 fully saturated rings. The van der Waals surface area contributed by atoms with E-state index in [2.05, 4.69) is 15.8 Å². The smallest absolute Gasteiger partial charge is 0.187 e. The Labute approximate surface area is 146 Å². The van der Waals surface area contributed by atoms with Gasteiger partial charge < -0.3 is 24.7 Å². The van der Waals surface area contributed by atoms with Crippen LogP contribution in [0.25, 0.3) is 0 Å². The zero-order valence-electron chi connectivity index (χ0n) is 13.4. The third kappa shape index (κ3) is 6.13. The predicted octanol–water partition coefficient (Wildman–Crippen LogP) is 0.182. The Morgan fingerprint density at radius 2 is 2.21 bits per heavy atom. The second-order valence-corrected chi connectivity index (χ2v) is 5.75. The Bertz CT molecular complexity index is 598. The van der Waals surface area contributed by atoms with Crippen molar-refractivity contribution in [1.82, 2.24) is 10.7 Å². The molecule has 130 valence electrons. The van der Waals surface area contributed by atoms with Gasteiger partial charge in [0, 0.05) is 13.2 Å². The summed E-state index contributed by atoms with van der Waals surface area (Å²) < 4.78 is 10.5. The van der Waals surface area contributed by atoms with Gasteiger partial charge in [0.2, 0.25) is 0 Å². The number of thiocarbonyl (C=S) groups is 1. The summed E-state index contributed by atoms with van der Waals surface area (Å²) in [4.78, 5) is 10.3. The van der Waals surface area contributed by atoms with Crippen LogP contribution < -0.4 is 20.6 Å². The molecule has 1 aliphatic heterocycles. The number of rotatable bonds is 7. The summed E-state index contributed by atoms with van der Waals surface area (Å²) in [6, 6.07) is 6.92. The normalized spacial score (nSPS) is 17.4. The number of benzene rings is 1. The van der Waals surface area contributed by atoms with Gasteiger partial charge in [-0.25, -0.2) is 0 Å². The highest BCUT2D eigenvalue weighted by Gasteiger charge is 2.15. The van der Waals surface area contributed by atoms with Gasteiger partial charge in [-0.3, -0.25) is 5.43 Å². The number of hydrogen-bond acceptors (Lipinski definition) is 6. The van der Waals surface area contributed by atoms with Crippen LogP contribution in [0.3, 0.4) is 0 Å². The molecule has 1 saturated heterocycles. The number of ether oxygens (including phenoxy) is 2. The molecule has 7 nitrogen and oxygen atoms in total. The summed E-state index contributed by atoms with van der Waals surface area (Å²) in [6.45, 7) is 2.85. The van der Waals surface area contributed by atoms with E-state index in [0.717, 1.165) is 30.7 Å². The minimum absolute atomic E-state index is 0.211. The van der Waals surface area contributed by atoms with Crippen molar-refractivity contribution in [3.63, 3.8) is 0 Å². The van der Waals surface area contributed by atoms with Crippen molar-refractivity contribution >= 4 is 29.0 Å². The predicted molar refractivity (Wildman–Crippen MR) is 91.9 cm³/mol. The van der Waals surface area contributed by atoms with Crippen molar-refractivity contribution in [3.8, 4) is 5.75 Å². The van der Waals surface area contributed by atoms with E-state index in [1.54, 1.807) is 24.3 Å². The molecule has 0 spiro atoms. The van der Waals surface area contributed by atoms with Crippen molar-refractivity contribution in [3.05, 3.63) is 29.8 Å². The van der Waals surface area contributed by atoms with Gasteiger partial charge in [-0.1, -0.05) is 0 Å². The third-order valence-corrected chi connectivity index (χ3v) is 3.70. The molecule has 0 aromatic heterocycles. The van der Waals surface area contributed by atoms with E-state index < -0.39 is 12.6 Å². The molecule has 0 unspecified atom stereocenters. The fraction of sp³-hybridized carbons (Fsp3) is 0.438. The fourth-order valence-corrected chi connectivity index (χ4v) is 2.31. The number of aliphatic carboxylic acids is 1. The number of carbonyl (C=O) groups excluding carboxylic acids is 1. The summed E-state index contributed by atoms with van der Waals surface area (Å²) in [5.41, 5.74) is 4.40. The highest BCUT2D eigenvalue weighted by molar-refractivity contribution is 7.80. The largest absolute Gasteiger partial charge is 0.546 e. The van der Waals surface area contributed by atoms with Crippen molar-refractivity contribution < 1.29 is 19.4 Å². The molecule has 0 amide bonds. The lowest BCUT2D eigenvalue weighted by Crippen LogP contribution is -2.37. The minimum atomic E-state index is -1.26. The van der Waals surface area contributed by atoms with Gasteiger partial charge in [0.1, 0.15) is 12.4 Å². The SMILES string of the molecule is C/C(=N/NC(=S)NC[C@H]1CCCO1)c1ccc(OCC(=O)[O-])cc1. The van der Waals surface area contributed by atoms with Crippen LogP contribution >= 0.6 is 12.2 Å². The molecule has 24 heavy (non-hydrogen) atoms. The fourth-order valence-electron chi connectivity index (χ4n) is 2.19. The zero-order valence-corrected chi connectivity index (χ0v) is 14.2. The number of hydrogen-bond donors (Lipinski definition) is 2. The van der Waals surface area contributed by atoms with E-state index in [-0.39, 0.29) is 6.10 Å². The average Bonchev–Trinajstić information content (AvgIpc) is 3.10. The van der Waals surface area contributed by atoms with Gasteiger partial charge in [0.15, 0.2) is 5.11 Å². The monoisotopic (exact) mass is 350 g/mol. The number of nitrogens with one attached hydrogen (secondary N) is 2. The molecular weight excluding hydrogens is 330 g/mol. The Kier molecular flexibility index (Phi) is 6.95. The molecule has 0 radical (unpaired) electrons. The molecule has 0 aliphatic carbocycles. The molecule has 2 rings (SSSR count). The number of carboxylic acids is 1. The molecular formula is C16H20N3O4S-. The molecule has 1 aromatic rings. The molecule has 8 heteroatoms. The summed E-state index contributed by atoms with van der Waals surface area (Å²) in [7, 11) is 0. The van der Waals surface area contributed by atoms with E-state index >= 15 is 0 Å². The highest BCUT2D eigenvalue weighted by Crippen LogP contribution is 2.13. The van der Waals surface area contributed by atoms with Crippen LogP contribution in [0.15, 0.2) is 29.4 Å². The van der Waals surface area contributed by atoms with E-state index in [1.807, 2.05) is 6.92 Å². The molecule has 1 atom stereocenters. The Balaban J connectivity index is 1.78. The number of carboxylic acid groups (broad SMARTS) is 1. The second-order valence-electron chi connectivity index (χ2n) is 5.34. The molecule has 1 heterocycles. The van der Waals surface area contributed by atoms with Crippen LogP contribution in [0.2, 0.25) is 0 Å². The Morgan fingerprint density at radius 1 is 1.46 bits per heavy atom. The summed E-state index contributed by atoms with van der Waals surface area (Å²) >= 11 is 5.17.